The first-order valence-electron chi connectivity index (χ1n) is 6.23. The third kappa shape index (κ3) is 2.71. The first-order chi connectivity index (χ1) is 8.65. The molecule has 0 heterocycles. The van der Waals surface area contributed by atoms with Crippen LogP contribution in [0.3, 0.4) is 0 Å². The fraction of sp³-hybridized carbons (Fsp3) is 0.250. The molecule has 0 aliphatic rings. The van der Waals surface area contributed by atoms with E-state index in [0.717, 1.165) is 0 Å². The monoisotopic (exact) mass is 253 g/mol. The lowest BCUT2D eigenvalue weighted by atomic mass is 9.82. The van der Waals surface area contributed by atoms with Gasteiger partial charge >= 0.3 is 0 Å². The molecule has 0 fully saturated rings. The van der Waals surface area contributed by atoms with E-state index in [9.17, 15) is 0 Å². The largest absolute Gasteiger partial charge is 0.352 e. The van der Waals surface area contributed by atoms with Crippen molar-refractivity contribution in [3.63, 3.8) is 0 Å². The summed E-state index contributed by atoms with van der Waals surface area (Å²) < 4.78 is 0. The van der Waals surface area contributed by atoms with Crippen LogP contribution in [0.25, 0.3) is 0 Å². The van der Waals surface area contributed by atoms with Gasteiger partial charge in [-0.2, -0.15) is 0 Å². The summed E-state index contributed by atoms with van der Waals surface area (Å²) in [7, 11) is 0.416. The Morgan fingerprint density at radius 3 is 1.56 bits per heavy atom. The van der Waals surface area contributed by atoms with Gasteiger partial charge in [0.2, 0.25) is 0 Å². The van der Waals surface area contributed by atoms with Gasteiger partial charge in [0.1, 0.15) is 9.68 Å². The fourth-order valence-corrected chi connectivity index (χ4v) is 2.90. The van der Waals surface area contributed by atoms with Crippen molar-refractivity contribution in [2.24, 2.45) is 5.40 Å². The van der Waals surface area contributed by atoms with Gasteiger partial charge in [-0.3, -0.25) is 0 Å². The van der Waals surface area contributed by atoms with Gasteiger partial charge in [0.15, 0.2) is 0 Å². The van der Waals surface area contributed by atoms with Gasteiger partial charge in [0.25, 0.3) is 0 Å². The van der Waals surface area contributed by atoms with Crippen molar-refractivity contribution in [2.75, 3.05) is 0 Å². The van der Waals surface area contributed by atoms with Crippen LogP contribution in [-0.4, -0.2) is 9.68 Å². The van der Waals surface area contributed by atoms with E-state index in [1.807, 2.05) is 0 Å². The zero-order valence-electron chi connectivity index (χ0n) is 10.9. The highest BCUT2D eigenvalue weighted by Gasteiger charge is 2.31. The molecule has 0 aliphatic carbocycles. The molecule has 0 amide bonds. The van der Waals surface area contributed by atoms with E-state index in [-0.39, 0.29) is 5.04 Å². The maximum atomic E-state index is 6.01. The van der Waals surface area contributed by atoms with Crippen molar-refractivity contribution in [2.45, 2.75) is 24.8 Å². The molecule has 0 bridgehead atoms. The normalized spacial score (nSPS) is 11.8. The molecule has 2 N–H and O–H groups in total. The van der Waals surface area contributed by atoms with Gasteiger partial charge in [-0.15, -0.1) is 0 Å². The summed E-state index contributed by atoms with van der Waals surface area (Å²) in [4.78, 5) is 0. The molecule has 0 saturated heterocycles. The molecule has 18 heavy (non-hydrogen) atoms. The van der Waals surface area contributed by atoms with E-state index in [1.165, 1.54) is 11.1 Å². The lowest BCUT2D eigenvalue weighted by Crippen LogP contribution is -2.28. The van der Waals surface area contributed by atoms with Crippen molar-refractivity contribution in [1.82, 2.24) is 0 Å². The number of hydrogen-bond acceptors (Lipinski definition) is 1. The van der Waals surface area contributed by atoms with E-state index in [2.05, 4.69) is 74.5 Å². The summed E-state index contributed by atoms with van der Waals surface area (Å²) in [6.07, 6.45) is 0. The van der Waals surface area contributed by atoms with Gasteiger partial charge in [-0.25, -0.2) is 0 Å². The van der Waals surface area contributed by atoms with Crippen LogP contribution in [-0.2, 0) is 0 Å². The average molecular weight is 253 g/mol. The standard InChI is InChI=1S/C16H19NSi/c1-16(2,18-17)15(13-9-5-3-6-10-13)14-11-7-4-8-12-14/h3-12,15H,17H2,1-2H3. The third-order valence-electron chi connectivity index (χ3n) is 3.36. The zero-order valence-corrected chi connectivity index (χ0v) is 11.9. The average Bonchev–Trinajstić information content (AvgIpc) is 2.41. The second-order valence-electron chi connectivity index (χ2n) is 5.12. The molecular formula is C16H19NSi. The molecule has 0 saturated carbocycles. The summed E-state index contributed by atoms with van der Waals surface area (Å²) in [5.41, 5.74) is 2.68. The third-order valence-corrected chi connectivity index (χ3v) is 4.39. The Balaban J connectivity index is 2.49. The highest BCUT2D eigenvalue weighted by Crippen LogP contribution is 2.44. The smallest absolute Gasteiger partial charge is 0.143 e. The topological polar surface area (TPSA) is 26.0 Å². The van der Waals surface area contributed by atoms with Gasteiger partial charge in [0.05, 0.1) is 0 Å². The van der Waals surface area contributed by atoms with Crippen molar-refractivity contribution < 1.29 is 0 Å². The summed E-state index contributed by atoms with van der Waals surface area (Å²) in [6, 6.07) is 21.3. The second-order valence-corrected chi connectivity index (χ2v) is 6.70. The molecule has 0 aromatic heterocycles. The SMILES string of the molecule is CC(C)([Si]N)C(c1ccccc1)c1ccccc1. The summed E-state index contributed by atoms with van der Waals surface area (Å²) in [5.74, 6) is 0.350. The lowest BCUT2D eigenvalue weighted by molar-refractivity contribution is 0.580. The van der Waals surface area contributed by atoms with Gasteiger partial charge in [0, 0.05) is 5.92 Å². The Hall–Kier alpha value is -1.38. The van der Waals surface area contributed by atoms with Gasteiger partial charge < -0.3 is 5.40 Å². The Kier molecular flexibility index (Phi) is 3.99. The molecule has 0 aliphatic heterocycles. The van der Waals surface area contributed by atoms with E-state index in [0.29, 0.717) is 15.6 Å². The zero-order chi connectivity index (χ0) is 13.0. The van der Waals surface area contributed by atoms with E-state index >= 15 is 0 Å². The van der Waals surface area contributed by atoms with Crippen LogP contribution in [0.5, 0.6) is 0 Å². The molecule has 92 valence electrons. The molecule has 2 rings (SSSR count). The van der Waals surface area contributed by atoms with E-state index in [1.54, 1.807) is 0 Å². The first kappa shape index (κ1) is 13.1. The summed E-state index contributed by atoms with van der Waals surface area (Å²) >= 11 is 0. The predicted octanol–water partition coefficient (Wildman–Crippen LogP) is 3.59. The Morgan fingerprint density at radius 1 is 0.833 bits per heavy atom. The van der Waals surface area contributed by atoms with Crippen LogP contribution in [0.2, 0.25) is 5.04 Å². The molecular weight excluding hydrogens is 234 g/mol. The first-order valence-corrected chi connectivity index (χ1v) is 7.30. The molecule has 1 nitrogen and oxygen atoms in total. The molecule has 2 aromatic rings. The summed E-state index contributed by atoms with van der Waals surface area (Å²) in [6.45, 7) is 4.49. The predicted molar refractivity (Wildman–Crippen MR) is 78.7 cm³/mol. The minimum absolute atomic E-state index is 0.0721. The minimum atomic E-state index is 0.0721. The maximum absolute atomic E-state index is 6.01. The Labute approximate surface area is 112 Å². The quantitative estimate of drug-likeness (QED) is 0.828. The number of nitrogens with two attached hydrogens (primary N) is 1. The van der Waals surface area contributed by atoms with Crippen LogP contribution < -0.4 is 5.40 Å². The highest BCUT2D eigenvalue weighted by atomic mass is 28.2. The van der Waals surface area contributed by atoms with Gasteiger partial charge in [-0.05, 0) is 16.2 Å². The number of rotatable bonds is 4. The van der Waals surface area contributed by atoms with Crippen LogP contribution >= 0.6 is 0 Å². The molecule has 2 heteroatoms. The van der Waals surface area contributed by atoms with Crippen LogP contribution in [0.4, 0.5) is 0 Å². The molecule has 2 radical (unpaired) electrons. The van der Waals surface area contributed by atoms with Crippen molar-refractivity contribution >= 4 is 9.68 Å². The van der Waals surface area contributed by atoms with Crippen molar-refractivity contribution in [1.29, 1.82) is 0 Å². The van der Waals surface area contributed by atoms with Gasteiger partial charge in [-0.1, -0.05) is 74.5 Å². The summed E-state index contributed by atoms with van der Waals surface area (Å²) in [5, 5.41) is 6.08. The van der Waals surface area contributed by atoms with E-state index < -0.39 is 0 Å². The second kappa shape index (κ2) is 5.51. The minimum Gasteiger partial charge on any atom is -0.352 e. The Morgan fingerprint density at radius 2 is 1.22 bits per heavy atom. The van der Waals surface area contributed by atoms with Crippen molar-refractivity contribution in [3.8, 4) is 0 Å². The number of hydrogen-bond donors (Lipinski definition) is 1. The fourth-order valence-electron chi connectivity index (χ4n) is 2.40. The highest BCUT2D eigenvalue weighted by molar-refractivity contribution is 6.36. The lowest BCUT2D eigenvalue weighted by Gasteiger charge is -2.33. The molecule has 0 spiro atoms. The molecule has 0 unspecified atom stereocenters. The van der Waals surface area contributed by atoms with E-state index in [4.69, 9.17) is 5.40 Å². The number of benzene rings is 2. The Bertz CT molecular complexity index is 439. The maximum Gasteiger partial charge on any atom is 0.143 e. The molecule has 2 aromatic carbocycles. The van der Waals surface area contributed by atoms with Crippen LogP contribution in [0.15, 0.2) is 60.7 Å². The van der Waals surface area contributed by atoms with Crippen molar-refractivity contribution in [3.05, 3.63) is 71.8 Å². The van der Waals surface area contributed by atoms with Crippen LogP contribution in [0, 0.1) is 0 Å². The van der Waals surface area contributed by atoms with Crippen LogP contribution in [0.1, 0.15) is 30.9 Å². The molecule has 0 atom stereocenters.